The van der Waals surface area contributed by atoms with Gasteiger partial charge in [-0.25, -0.2) is 5.43 Å². The van der Waals surface area contributed by atoms with E-state index in [0.717, 1.165) is 28.5 Å². The van der Waals surface area contributed by atoms with E-state index in [-0.39, 0.29) is 18.2 Å². The van der Waals surface area contributed by atoms with Crippen LogP contribution >= 0.6 is 0 Å². The molecule has 0 aliphatic rings. The number of furan rings is 1. The number of carbonyl (C=O) groups is 2. The number of nitrogens with zero attached hydrogens (tertiary/aromatic N) is 2. The van der Waals surface area contributed by atoms with Crippen molar-refractivity contribution in [2.45, 2.75) is 33.7 Å². The van der Waals surface area contributed by atoms with Crippen molar-refractivity contribution in [3.05, 3.63) is 66.1 Å². The highest BCUT2D eigenvalue weighted by Crippen LogP contribution is 2.31. The zero-order valence-corrected chi connectivity index (χ0v) is 17.7. The number of amides is 2. The summed E-state index contributed by atoms with van der Waals surface area (Å²) >= 11 is 0. The van der Waals surface area contributed by atoms with Crippen molar-refractivity contribution in [1.29, 1.82) is 0 Å². The molecule has 0 bridgehead atoms. The number of aryl methyl sites for hydroxylation is 2. The van der Waals surface area contributed by atoms with Crippen LogP contribution in [0.5, 0.6) is 0 Å². The molecule has 7 nitrogen and oxygen atoms in total. The molecular weight excluding hydrogens is 392 g/mol. The zero-order chi connectivity index (χ0) is 22.0. The van der Waals surface area contributed by atoms with E-state index in [1.54, 1.807) is 19.9 Å². The maximum Gasteiger partial charge on any atom is 0.274 e. The van der Waals surface area contributed by atoms with Gasteiger partial charge in [-0.1, -0.05) is 18.2 Å². The topological polar surface area (TPSA) is 88.6 Å². The van der Waals surface area contributed by atoms with Gasteiger partial charge in [-0.15, -0.1) is 0 Å². The van der Waals surface area contributed by atoms with Gasteiger partial charge in [-0.2, -0.15) is 5.10 Å². The van der Waals surface area contributed by atoms with Gasteiger partial charge in [0.2, 0.25) is 5.91 Å². The quantitative estimate of drug-likeness (QED) is 0.348. The molecule has 2 heterocycles. The highest BCUT2D eigenvalue weighted by molar-refractivity contribution is 6.11. The third-order valence-electron chi connectivity index (χ3n) is 5.24. The van der Waals surface area contributed by atoms with Gasteiger partial charge in [0.15, 0.2) is 0 Å². The summed E-state index contributed by atoms with van der Waals surface area (Å²) in [7, 11) is 0. The number of hydrogen-bond donors (Lipinski definition) is 2. The monoisotopic (exact) mass is 416 g/mol. The number of hydrogen-bond acceptors (Lipinski definition) is 4. The lowest BCUT2D eigenvalue weighted by Gasteiger charge is -2.07. The highest BCUT2D eigenvalue weighted by Gasteiger charge is 2.13. The maximum absolute atomic E-state index is 12.5. The molecule has 0 unspecified atom stereocenters. The second-order valence-electron chi connectivity index (χ2n) is 7.40. The Morgan fingerprint density at radius 1 is 1.06 bits per heavy atom. The molecule has 2 amide bonds. The third-order valence-corrected chi connectivity index (χ3v) is 5.24. The molecule has 2 aromatic heterocycles. The summed E-state index contributed by atoms with van der Waals surface area (Å²) in [6.07, 6.45) is 1.52. The second-order valence-corrected chi connectivity index (χ2v) is 7.40. The lowest BCUT2D eigenvalue weighted by Crippen LogP contribution is -2.21. The summed E-state index contributed by atoms with van der Waals surface area (Å²) in [5, 5.41) is 9.20. The van der Waals surface area contributed by atoms with Gasteiger partial charge in [0, 0.05) is 39.7 Å². The molecule has 158 valence electrons. The van der Waals surface area contributed by atoms with Crippen LogP contribution in [0.2, 0.25) is 0 Å². The molecular formula is C24H24N4O3. The Hall–Kier alpha value is -3.87. The Morgan fingerprint density at radius 2 is 1.84 bits per heavy atom. The minimum atomic E-state index is -0.372. The van der Waals surface area contributed by atoms with Crippen molar-refractivity contribution in [3.63, 3.8) is 0 Å². The average Bonchev–Trinajstić information content (AvgIpc) is 3.32. The first-order valence-corrected chi connectivity index (χ1v) is 10.2. The lowest BCUT2D eigenvalue weighted by atomic mass is 10.1. The Kier molecular flexibility index (Phi) is 5.58. The molecule has 0 radical (unpaired) electrons. The van der Waals surface area contributed by atoms with Gasteiger partial charge in [-0.05, 0) is 51.1 Å². The van der Waals surface area contributed by atoms with E-state index in [1.165, 1.54) is 11.8 Å². The summed E-state index contributed by atoms with van der Waals surface area (Å²) in [4.78, 5) is 24.6. The fraction of sp³-hybridized carbons (Fsp3) is 0.208. The molecule has 0 aliphatic heterocycles. The van der Waals surface area contributed by atoms with E-state index in [9.17, 15) is 9.59 Å². The fourth-order valence-corrected chi connectivity index (χ4v) is 3.78. The molecule has 31 heavy (non-hydrogen) atoms. The van der Waals surface area contributed by atoms with Crippen LogP contribution in [0.15, 0.2) is 64.3 Å². The van der Waals surface area contributed by atoms with Crippen LogP contribution < -0.4 is 10.7 Å². The minimum Gasteiger partial charge on any atom is -0.469 e. The molecule has 0 saturated carbocycles. The van der Waals surface area contributed by atoms with Crippen molar-refractivity contribution in [2.24, 2.45) is 5.10 Å². The molecule has 0 fully saturated rings. The van der Waals surface area contributed by atoms with E-state index in [1.807, 2.05) is 30.3 Å². The van der Waals surface area contributed by atoms with Gasteiger partial charge < -0.3 is 14.3 Å². The standard InChI is InChI=1S/C24H24N4O3/c1-4-28-21-8-6-5-7-19(21)20-14-17(9-10-22(20)28)25-23(29)13-15(2)26-27-24(30)18-11-12-31-16(18)3/h5-12,14H,4,13H2,1-3H3,(H,25,29)(H,27,30)/b26-15+. The summed E-state index contributed by atoms with van der Waals surface area (Å²) in [5.41, 5.74) is 6.40. The number of anilines is 1. The maximum atomic E-state index is 12.5. The van der Waals surface area contributed by atoms with E-state index < -0.39 is 0 Å². The van der Waals surface area contributed by atoms with Gasteiger partial charge in [0.1, 0.15) is 5.76 Å². The van der Waals surface area contributed by atoms with Crippen LogP contribution in [0.25, 0.3) is 21.8 Å². The van der Waals surface area contributed by atoms with Gasteiger partial charge in [0.25, 0.3) is 5.91 Å². The molecule has 0 aliphatic carbocycles. The number of para-hydroxylation sites is 1. The smallest absolute Gasteiger partial charge is 0.274 e. The number of rotatable bonds is 6. The Labute approximate surface area is 179 Å². The Morgan fingerprint density at radius 3 is 2.58 bits per heavy atom. The molecule has 0 saturated heterocycles. The highest BCUT2D eigenvalue weighted by atomic mass is 16.3. The van der Waals surface area contributed by atoms with Crippen molar-refractivity contribution in [3.8, 4) is 0 Å². The van der Waals surface area contributed by atoms with E-state index >= 15 is 0 Å². The first kappa shape index (κ1) is 20.4. The molecule has 4 aromatic rings. The third kappa shape index (κ3) is 4.07. The number of fused-ring (bicyclic) bond motifs is 3. The average molecular weight is 416 g/mol. The summed E-state index contributed by atoms with van der Waals surface area (Å²) in [6.45, 7) is 6.39. The van der Waals surface area contributed by atoms with Gasteiger partial charge in [-0.3, -0.25) is 9.59 Å². The SMILES string of the molecule is CCn1c2ccccc2c2cc(NC(=O)C/C(C)=N/NC(=O)c3ccoc3C)ccc21. The van der Waals surface area contributed by atoms with Gasteiger partial charge in [0.05, 0.1) is 18.2 Å². The molecule has 0 spiro atoms. The van der Waals surface area contributed by atoms with Crippen LogP contribution in [0.4, 0.5) is 5.69 Å². The largest absolute Gasteiger partial charge is 0.469 e. The van der Waals surface area contributed by atoms with E-state index in [4.69, 9.17) is 4.42 Å². The minimum absolute atomic E-state index is 0.0689. The van der Waals surface area contributed by atoms with Crippen molar-refractivity contribution in [1.82, 2.24) is 9.99 Å². The number of hydrazone groups is 1. The van der Waals surface area contributed by atoms with Crippen LogP contribution in [-0.2, 0) is 11.3 Å². The molecule has 2 N–H and O–H groups in total. The predicted molar refractivity (Wildman–Crippen MR) is 122 cm³/mol. The molecule has 2 aromatic carbocycles. The lowest BCUT2D eigenvalue weighted by molar-refractivity contribution is -0.115. The normalized spacial score (nSPS) is 11.8. The van der Waals surface area contributed by atoms with E-state index in [2.05, 4.69) is 39.5 Å². The van der Waals surface area contributed by atoms with Crippen LogP contribution in [-0.4, -0.2) is 22.1 Å². The molecule has 7 heteroatoms. The van der Waals surface area contributed by atoms with Crippen LogP contribution in [0, 0.1) is 6.92 Å². The number of aromatic nitrogens is 1. The van der Waals surface area contributed by atoms with Crippen molar-refractivity contribution >= 4 is 45.0 Å². The zero-order valence-electron chi connectivity index (χ0n) is 17.7. The van der Waals surface area contributed by atoms with Crippen LogP contribution in [0.1, 0.15) is 36.4 Å². The van der Waals surface area contributed by atoms with Gasteiger partial charge >= 0.3 is 0 Å². The summed E-state index contributed by atoms with van der Waals surface area (Å²) < 4.78 is 7.38. The van der Waals surface area contributed by atoms with Crippen LogP contribution in [0.3, 0.4) is 0 Å². The molecule has 0 atom stereocenters. The van der Waals surface area contributed by atoms with Crippen molar-refractivity contribution < 1.29 is 14.0 Å². The number of nitrogens with one attached hydrogen (secondary N) is 2. The molecule has 4 rings (SSSR count). The first-order chi connectivity index (χ1) is 15.0. The Balaban J connectivity index is 1.46. The second kappa shape index (κ2) is 8.47. The van der Waals surface area contributed by atoms with E-state index in [0.29, 0.717) is 17.0 Å². The Bertz CT molecular complexity index is 1310. The first-order valence-electron chi connectivity index (χ1n) is 10.2. The summed E-state index contributed by atoms with van der Waals surface area (Å²) in [5.74, 6) is -0.0553. The fourth-order valence-electron chi connectivity index (χ4n) is 3.78. The summed E-state index contributed by atoms with van der Waals surface area (Å²) in [6, 6.07) is 15.8. The van der Waals surface area contributed by atoms with Crippen molar-refractivity contribution in [2.75, 3.05) is 5.32 Å². The number of benzene rings is 2. The number of carbonyl (C=O) groups excluding carboxylic acids is 2. The predicted octanol–water partition coefficient (Wildman–Crippen LogP) is 4.85.